The number of fused-ring (bicyclic) bond motifs is 4. The molecule has 1 aromatic heterocycles. The predicted molar refractivity (Wildman–Crippen MR) is 273 cm³/mol. The van der Waals surface area contributed by atoms with Crippen LogP contribution in [-0.2, 0) is 5.41 Å². The summed E-state index contributed by atoms with van der Waals surface area (Å²) < 4.78 is 7.16. The number of nitrogens with zero attached hydrogens (tertiary/aromatic N) is 2. The van der Waals surface area contributed by atoms with Crippen LogP contribution >= 0.6 is 0 Å². The van der Waals surface area contributed by atoms with Crippen LogP contribution in [0.4, 0.5) is 34.1 Å². The molecule has 0 radical (unpaired) electrons. The minimum Gasteiger partial charge on any atom is -0.507 e. The minimum atomic E-state index is -0.242. The van der Waals surface area contributed by atoms with E-state index in [2.05, 4.69) is 167 Å². The molecule has 5 nitrogen and oxygen atoms in total. The highest BCUT2D eigenvalue weighted by atomic mass is 16.3. The molecule has 65 heavy (non-hydrogen) atoms. The Kier molecular flexibility index (Phi) is 10.4. The van der Waals surface area contributed by atoms with Gasteiger partial charge in [-0.3, -0.25) is 0 Å². The fourth-order valence-corrected chi connectivity index (χ4v) is 9.61. The van der Waals surface area contributed by atoms with Gasteiger partial charge < -0.3 is 24.4 Å². The third-order valence-electron chi connectivity index (χ3n) is 13.0. The molecule has 8 aromatic carbocycles. The Hall–Kier alpha value is -7.50. The van der Waals surface area contributed by atoms with E-state index in [0.29, 0.717) is 22.9 Å². The van der Waals surface area contributed by atoms with Crippen LogP contribution in [0, 0.1) is 11.3 Å². The molecule has 2 N–H and O–H groups in total. The number of phenols is 2. The largest absolute Gasteiger partial charge is 0.507 e. The molecular weight excluding hydrogens is 797 g/mol. The van der Waals surface area contributed by atoms with Gasteiger partial charge in [-0.2, -0.15) is 0 Å². The highest BCUT2D eigenvalue weighted by Gasteiger charge is 2.32. The molecule has 0 spiro atoms. The minimum absolute atomic E-state index is 0.0704. The molecule has 0 fully saturated rings. The maximum absolute atomic E-state index is 12.7. The Balaban J connectivity index is 1.28. The number of allylic oxidation sites excluding steroid dienone is 4. The van der Waals surface area contributed by atoms with E-state index in [-0.39, 0.29) is 16.6 Å². The summed E-state index contributed by atoms with van der Waals surface area (Å²) in [4.78, 5) is 4.49. The summed E-state index contributed by atoms with van der Waals surface area (Å²) >= 11 is 0. The topological polar surface area (TPSA) is 60.1 Å². The third-order valence-corrected chi connectivity index (χ3v) is 13.0. The van der Waals surface area contributed by atoms with Crippen LogP contribution in [0.15, 0.2) is 193 Å². The number of hydrogen-bond donors (Lipinski definition) is 2. The van der Waals surface area contributed by atoms with Crippen molar-refractivity contribution in [1.82, 2.24) is 0 Å². The highest BCUT2D eigenvalue weighted by Crippen LogP contribution is 2.55. The van der Waals surface area contributed by atoms with E-state index in [1.165, 1.54) is 0 Å². The van der Waals surface area contributed by atoms with Crippen molar-refractivity contribution < 1.29 is 14.6 Å². The number of furan rings is 1. The zero-order valence-corrected chi connectivity index (χ0v) is 37.9. The summed E-state index contributed by atoms with van der Waals surface area (Å²) in [7, 11) is 0. The highest BCUT2D eigenvalue weighted by molar-refractivity contribution is 6.28. The smallest absolute Gasteiger partial charge is 0.162 e. The van der Waals surface area contributed by atoms with Crippen molar-refractivity contribution in [3.05, 3.63) is 199 Å². The maximum Gasteiger partial charge on any atom is 0.162 e. The van der Waals surface area contributed by atoms with E-state index < -0.39 is 0 Å². The molecule has 322 valence electrons. The number of aromatic hydroxyl groups is 2. The van der Waals surface area contributed by atoms with Gasteiger partial charge >= 0.3 is 0 Å². The number of hydrogen-bond acceptors (Lipinski definition) is 5. The summed E-state index contributed by atoms with van der Waals surface area (Å²) in [6.45, 7) is 13.2. The Morgan fingerprint density at radius 2 is 1.12 bits per heavy atom. The fourth-order valence-electron chi connectivity index (χ4n) is 9.61. The van der Waals surface area contributed by atoms with Gasteiger partial charge in [-0.25, -0.2) is 0 Å². The normalized spacial score (nSPS) is 14.2. The first kappa shape index (κ1) is 41.5. The van der Waals surface area contributed by atoms with Crippen LogP contribution in [0.25, 0.3) is 49.4 Å². The van der Waals surface area contributed by atoms with Crippen molar-refractivity contribution in [1.29, 1.82) is 0 Å². The number of anilines is 6. The van der Waals surface area contributed by atoms with Gasteiger partial charge in [0, 0.05) is 44.3 Å². The first-order chi connectivity index (χ1) is 31.4. The van der Waals surface area contributed by atoms with Gasteiger partial charge in [0.2, 0.25) is 0 Å². The average Bonchev–Trinajstić information content (AvgIpc) is 3.70. The first-order valence-corrected chi connectivity index (χ1v) is 22.6. The van der Waals surface area contributed by atoms with Crippen molar-refractivity contribution in [2.24, 2.45) is 11.3 Å². The van der Waals surface area contributed by atoms with Gasteiger partial charge in [0.1, 0.15) is 17.1 Å². The van der Waals surface area contributed by atoms with Crippen molar-refractivity contribution in [3.63, 3.8) is 0 Å². The summed E-state index contributed by atoms with van der Waals surface area (Å²) in [5.74, 6) is 0.815. The summed E-state index contributed by atoms with van der Waals surface area (Å²) in [5.41, 5.74) is 10.8. The lowest BCUT2D eigenvalue weighted by molar-refractivity contribution is 0.294. The molecule has 0 saturated carbocycles. The molecule has 1 unspecified atom stereocenters. The Bertz CT molecular complexity index is 3290. The molecule has 0 bridgehead atoms. The van der Waals surface area contributed by atoms with Crippen LogP contribution in [0.1, 0.15) is 59.1 Å². The predicted octanol–water partition coefficient (Wildman–Crippen LogP) is 17.1. The second kappa shape index (κ2) is 16.2. The number of para-hydroxylation sites is 5. The number of rotatable bonds is 8. The van der Waals surface area contributed by atoms with Gasteiger partial charge in [0.15, 0.2) is 5.58 Å². The van der Waals surface area contributed by atoms with Gasteiger partial charge in [-0.15, -0.1) is 0 Å². The Morgan fingerprint density at radius 3 is 1.82 bits per heavy atom. The van der Waals surface area contributed by atoms with Crippen LogP contribution in [0.2, 0.25) is 0 Å². The molecule has 5 heteroatoms. The molecule has 1 heterocycles. The standard InChI is InChI=1S/C60H54N2O3/c1-59(2,3)41-23-17-21-39(37-41)46-33-20-35-51(57(46)64)62(43-26-11-8-12-27-43)55-48-30-14-13-29-47(48)54(53-49-31-15-16-36-52(49)65-58(53)55)61(42-24-9-7-10-25-42)44-28-18-22-40(38-44)45-32-19-34-50(56(45)63)60(4,5)6/h7-22,24-38,41,63-64H,23H2,1-6H3. The summed E-state index contributed by atoms with van der Waals surface area (Å²) in [5, 5.41) is 28.3. The van der Waals surface area contributed by atoms with E-state index in [0.717, 1.165) is 89.8 Å². The molecule has 0 amide bonds. The monoisotopic (exact) mass is 850 g/mol. The van der Waals surface area contributed by atoms with Crippen LogP contribution in [0.5, 0.6) is 11.5 Å². The van der Waals surface area contributed by atoms with E-state index in [9.17, 15) is 10.2 Å². The molecule has 9 aromatic rings. The first-order valence-electron chi connectivity index (χ1n) is 22.6. The average molecular weight is 851 g/mol. The lowest BCUT2D eigenvalue weighted by Crippen LogP contribution is -2.19. The molecular formula is C60H54N2O3. The van der Waals surface area contributed by atoms with Gasteiger partial charge in [0.25, 0.3) is 0 Å². The van der Waals surface area contributed by atoms with E-state index in [1.54, 1.807) is 0 Å². The third kappa shape index (κ3) is 7.41. The zero-order valence-electron chi connectivity index (χ0n) is 37.9. The quantitative estimate of drug-likeness (QED) is 0.149. The molecule has 0 saturated heterocycles. The molecule has 1 atom stereocenters. The van der Waals surface area contributed by atoms with Gasteiger partial charge in [0.05, 0.1) is 22.4 Å². The maximum atomic E-state index is 12.7. The van der Waals surface area contributed by atoms with Gasteiger partial charge in [-0.05, 0) is 88.4 Å². The Labute approximate surface area is 381 Å². The lowest BCUT2D eigenvalue weighted by Gasteiger charge is -2.32. The van der Waals surface area contributed by atoms with Crippen LogP contribution in [-0.4, -0.2) is 10.2 Å². The summed E-state index contributed by atoms with van der Waals surface area (Å²) in [6.07, 6.45) is 7.66. The molecule has 1 aliphatic rings. The number of phenolic OH excluding ortho intramolecular Hbond substituents is 2. The second-order valence-electron chi connectivity index (χ2n) is 19.3. The zero-order chi connectivity index (χ0) is 45.0. The van der Waals surface area contributed by atoms with Crippen molar-refractivity contribution in [2.75, 3.05) is 9.80 Å². The number of benzene rings is 8. The summed E-state index contributed by atoms with van der Waals surface area (Å²) in [6, 6.07) is 58.0. The van der Waals surface area contributed by atoms with E-state index in [4.69, 9.17) is 4.42 Å². The SMILES string of the molecule is CC(C)(C)c1cccc(-c2cccc(N(c3ccccc3)c3c4ccccc4c(N(c4ccccc4)c4cccc(C5=CC(C(C)(C)C)CC=C5)c4O)c4oc5ccccc5c34)c2)c1O. The van der Waals surface area contributed by atoms with Crippen LogP contribution in [0.3, 0.4) is 0 Å². The molecule has 0 aliphatic heterocycles. The van der Waals surface area contributed by atoms with Gasteiger partial charge in [-0.1, -0.05) is 181 Å². The van der Waals surface area contributed by atoms with Crippen molar-refractivity contribution in [2.45, 2.75) is 53.4 Å². The van der Waals surface area contributed by atoms with E-state index >= 15 is 0 Å². The lowest BCUT2D eigenvalue weighted by atomic mass is 9.75. The molecule has 1 aliphatic carbocycles. The van der Waals surface area contributed by atoms with Crippen LogP contribution < -0.4 is 9.80 Å². The Morgan fingerprint density at radius 1 is 0.538 bits per heavy atom. The fraction of sp³-hybridized carbons (Fsp3) is 0.167. The second-order valence-corrected chi connectivity index (χ2v) is 19.3. The molecule has 10 rings (SSSR count). The van der Waals surface area contributed by atoms with Crippen molar-refractivity contribution >= 4 is 72.4 Å². The van der Waals surface area contributed by atoms with Crippen molar-refractivity contribution in [3.8, 4) is 22.6 Å². The van der Waals surface area contributed by atoms with E-state index in [1.807, 2.05) is 72.8 Å².